The minimum Gasteiger partial charge on any atom is -0.289 e. The van der Waals surface area contributed by atoms with Gasteiger partial charge >= 0.3 is 0 Å². The first-order valence-electron chi connectivity index (χ1n) is 6.34. The number of hydrogen-bond donors (Lipinski definition) is 1. The van der Waals surface area contributed by atoms with Crippen LogP contribution in [-0.2, 0) is 10.0 Å². The van der Waals surface area contributed by atoms with Crippen molar-refractivity contribution in [2.75, 3.05) is 0 Å². The van der Waals surface area contributed by atoms with Crippen LogP contribution in [0.15, 0.2) is 71.8 Å². The van der Waals surface area contributed by atoms with Crippen LogP contribution in [-0.4, -0.2) is 14.2 Å². The zero-order valence-electron chi connectivity index (χ0n) is 11.5. The van der Waals surface area contributed by atoms with Crippen molar-refractivity contribution >= 4 is 15.8 Å². The fraction of sp³-hybridized carbons (Fsp3) is 0.0625. The third-order valence-corrected chi connectivity index (χ3v) is 4.19. The summed E-state index contributed by atoms with van der Waals surface area (Å²) in [6, 6.07) is 15.1. The van der Waals surface area contributed by atoms with Crippen molar-refractivity contribution in [2.45, 2.75) is 11.8 Å². The molecule has 0 aromatic heterocycles. The van der Waals surface area contributed by atoms with Crippen LogP contribution in [0.3, 0.4) is 0 Å². The fourth-order valence-corrected chi connectivity index (χ4v) is 2.56. The first-order valence-corrected chi connectivity index (χ1v) is 7.82. The minimum atomic E-state index is -3.64. The lowest BCUT2D eigenvalue weighted by Gasteiger charge is -2.04. The largest absolute Gasteiger partial charge is 0.289 e. The van der Waals surface area contributed by atoms with E-state index in [1.165, 1.54) is 18.2 Å². The molecule has 0 amide bonds. The Hall–Kier alpha value is -2.40. The molecule has 2 aromatic carbocycles. The van der Waals surface area contributed by atoms with Crippen LogP contribution >= 0.6 is 0 Å². The van der Waals surface area contributed by atoms with Gasteiger partial charge in [-0.15, -0.1) is 0 Å². The maximum absolute atomic E-state index is 12.0. The maximum atomic E-state index is 12.0. The average Bonchev–Trinajstić information content (AvgIpc) is 2.48. The topological polar surface area (TPSA) is 63.2 Å². The second-order valence-corrected chi connectivity index (χ2v) is 6.21. The molecule has 2 aromatic rings. The number of allylic oxidation sites excluding steroid dienone is 1. The normalized spacial score (nSPS) is 11.5. The van der Waals surface area contributed by atoms with Crippen molar-refractivity contribution < 1.29 is 13.2 Å². The van der Waals surface area contributed by atoms with Gasteiger partial charge in [0, 0.05) is 17.8 Å². The Bertz CT molecular complexity index is 748. The van der Waals surface area contributed by atoms with Crippen molar-refractivity contribution in [1.29, 1.82) is 0 Å². The molecule has 0 bridgehead atoms. The number of carbonyl (C=O) groups is 1. The average molecular weight is 301 g/mol. The third kappa shape index (κ3) is 4.03. The van der Waals surface area contributed by atoms with Crippen LogP contribution in [0.4, 0.5) is 0 Å². The molecule has 0 saturated heterocycles. The Labute approximate surface area is 124 Å². The number of hydrogen-bond acceptors (Lipinski definition) is 3. The summed E-state index contributed by atoms with van der Waals surface area (Å²) in [4.78, 5) is 11.9. The molecule has 2 rings (SSSR count). The second kappa shape index (κ2) is 6.37. The van der Waals surface area contributed by atoms with Crippen molar-refractivity contribution in [3.8, 4) is 0 Å². The van der Waals surface area contributed by atoms with E-state index in [4.69, 9.17) is 0 Å². The molecular weight excluding hydrogens is 286 g/mol. The molecule has 108 valence electrons. The number of aryl methyl sites for hydroxylation is 1. The van der Waals surface area contributed by atoms with Gasteiger partial charge in [-0.05, 0) is 19.1 Å². The van der Waals surface area contributed by atoms with E-state index >= 15 is 0 Å². The summed E-state index contributed by atoms with van der Waals surface area (Å²) in [6.07, 6.45) is 2.34. The molecule has 4 nitrogen and oxygen atoms in total. The van der Waals surface area contributed by atoms with Gasteiger partial charge < -0.3 is 0 Å². The zero-order valence-corrected chi connectivity index (χ0v) is 12.3. The smallest absolute Gasteiger partial charge is 0.261 e. The van der Waals surface area contributed by atoms with Crippen LogP contribution in [0, 0.1) is 6.92 Å². The molecule has 0 saturated carbocycles. The Kier molecular flexibility index (Phi) is 4.55. The monoisotopic (exact) mass is 301 g/mol. The lowest BCUT2D eigenvalue weighted by Crippen LogP contribution is -2.18. The van der Waals surface area contributed by atoms with Crippen LogP contribution < -0.4 is 4.72 Å². The SMILES string of the molecule is Cc1ccc(S(=O)(=O)N/C=C\C(=O)c2ccccc2)cc1. The lowest BCUT2D eigenvalue weighted by atomic mass is 10.1. The van der Waals surface area contributed by atoms with Gasteiger partial charge in [0.25, 0.3) is 10.0 Å². The number of sulfonamides is 1. The lowest BCUT2D eigenvalue weighted by molar-refractivity contribution is 0.104. The van der Waals surface area contributed by atoms with Gasteiger partial charge in [-0.25, -0.2) is 8.42 Å². The quantitative estimate of drug-likeness (QED) is 0.682. The number of rotatable bonds is 5. The summed E-state index contributed by atoms with van der Waals surface area (Å²) < 4.78 is 26.2. The van der Waals surface area contributed by atoms with Crippen LogP contribution in [0.2, 0.25) is 0 Å². The molecular formula is C16H15NO3S. The Balaban J connectivity index is 2.06. The number of ketones is 1. The molecule has 0 spiro atoms. The Morgan fingerprint density at radius 2 is 1.62 bits per heavy atom. The summed E-state index contributed by atoms with van der Waals surface area (Å²) in [5.41, 5.74) is 1.48. The maximum Gasteiger partial charge on any atom is 0.261 e. The first-order chi connectivity index (χ1) is 9.99. The highest BCUT2D eigenvalue weighted by Crippen LogP contribution is 2.09. The predicted octanol–water partition coefficient (Wildman–Crippen LogP) is 2.67. The van der Waals surface area contributed by atoms with Crippen molar-refractivity contribution in [3.05, 3.63) is 78.0 Å². The van der Waals surface area contributed by atoms with Gasteiger partial charge in [0.2, 0.25) is 0 Å². The highest BCUT2D eigenvalue weighted by atomic mass is 32.2. The molecule has 0 aliphatic heterocycles. The van der Waals surface area contributed by atoms with Crippen LogP contribution in [0.5, 0.6) is 0 Å². The molecule has 0 radical (unpaired) electrons. The van der Waals surface area contributed by atoms with E-state index in [1.54, 1.807) is 42.5 Å². The fourth-order valence-electron chi connectivity index (χ4n) is 1.68. The Morgan fingerprint density at radius 1 is 1.00 bits per heavy atom. The molecule has 5 heteroatoms. The molecule has 0 aliphatic rings. The third-order valence-electron chi connectivity index (χ3n) is 2.85. The number of benzene rings is 2. The van der Waals surface area contributed by atoms with E-state index < -0.39 is 10.0 Å². The molecule has 0 heterocycles. The standard InChI is InChI=1S/C16H15NO3S/c1-13-7-9-15(10-8-13)21(19,20)17-12-11-16(18)14-5-3-2-4-6-14/h2-12,17H,1H3/b12-11-. The minimum absolute atomic E-state index is 0.157. The van der Waals surface area contributed by atoms with Gasteiger partial charge in [0.05, 0.1) is 4.90 Å². The zero-order chi connectivity index (χ0) is 15.3. The predicted molar refractivity (Wildman–Crippen MR) is 81.4 cm³/mol. The highest BCUT2D eigenvalue weighted by Gasteiger charge is 2.11. The van der Waals surface area contributed by atoms with E-state index in [9.17, 15) is 13.2 Å². The van der Waals surface area contributed by atoms with E-state index in [1.807, 2.05) is 6.92 Å². The molecule has 0 atom stereocenters. The first kappa shape index (κ1) is 15.0. The van der Waals surface area contributed by atoms with Crippen molar-refractivity contribution in [1.82, 2.24) is 4.72 Å². The number of carbonyl (C=O) groups excluding carboxylic acids is 1. The molecule has 0 aliphatic carbocycles. The van der Waals surface area contributed by atoms with Gasteiger partial charge in [-0.1, -0.05) is 48.0 Å². The van der Waals surface area contributed by atoms with E-state index in [-0.39, 0.29) is 10.7 Å². The summed E-state index contributed by atoms with van der Waals surface area (Å²) in [6.45, 7) is 1.88. The van der Waals surface area contributed by atoms with E-state index in [0.717, 1.165) is 11.8 Å². The van der Waals surface area contributed by atoms with Gasteiger partial charge in [0.1, 0.15) is 0 Å². The number of nitrogens with one attached hydrogen (secondary N) is 1. The van der Waals surface area contributed by atoms with Gasteiger partial charge in [-0.2, -0.15) is 0 Å². The van der Waals surface area contributed by atoms with Gasteiger partial charge in [0.15, 0.2) is 5.78 Å². The molecule has 0 fully saturated rings. The van der Waals surface area contributed by atoms with Gasteiger partial charge in [-0.3, -0.25) is 9.52 Å². The van der Waals surface area contributed by atoms with E-state index in [0.29, 0.717) is 5.56 Å². The summed E-state index contributed by atoms with van der Waals surface area (Å²) in [5.74, 6) is -0.262. The Morgan fingerprint density at radius 3 is 2.24 bits per heavy atom. The molecule has 21 heavy (non-hydrogen) atoms. The molecule has 1 N–H and O–H groups in total. The summed E-state index contributed by atoms with van der Waals surface area (Å²) >= 11 is 0. The van der Waals surface area contributed by atoms with Crippen LogP contribution in [0.1, 0.15) is 15.9 Å². The summed E-state index contributed by atoms with van der Waals surface area (Å²) in [7, 11) is -3.64. The summed E-state index contributed by atoms with van der Waals surface area (Å²) in [5, 5.41) is 0. The second-order valence-electron chi connectivity index (χ2n) is 4.50. The molecule has 0 unspecified atom stereocenters. The van der Waals surface area contributed by atoms with Crippen molar-refractivity contribution in [3.63, 3.8) is 0 Å². The van der Waals surface area contributed by atoms with E-state index in [2.05, 4.69) is 4.72 Å². The van der Waals surface area contributed by atoms with Crippen LogP contribution in [0.25, 0.3) is 0 Å². The highest BCUT2D eigenvalue weighted by molar-refractivity contribution is 7.89. The van der Waals surface area contributed by atoms with Crippen molar-refractivity contribution in [2.24, 2.45) is 0 Å².